The molecule has 3 aliphatic rings. The Morgan fingerprint density at radius 3 is 2.45 bits per heavy atom. The molecule has 1 N–H and O–H groups in total. The van der Waals surface area contributed by atoms with Gasteiger partial charge in [0.15, 0.2) is 0 Å². The van der Waals surface area contributed by atoms with Gasteiger partial charge in [-0.2, -0.15) is 13.2 Å². The van der Waals surface area contributed by atoms with Crippen LogP contribution in [0.5, 0.6) is 0 Å². The van der Waals surface area contributed by atoms with Gasteiger partial charge in [-0.15, -0.1) is 0 Å². The molecule has 1 aliphatic heterocycles. The minimum atomic E-state index is -4.80. The minimum Gasteiger partial charge on any atom is -0.456 e. The molecule has 6 atom stereocenters. The van der Waals surface area contributed by atoms with Crippen LogP contribution in [0.15, 0.2) is 12.2 Å². The Kier molecular flexibility index (Phi) is 3.38. The van der Waals surface area contributed by atoms with Crippen LogP contribution < -0.4 is 0 Å². The van der Waals surface area contributed by atoms with E-state index in [0.717, 1.165) is 0 Å². The molecule has 2 bridgehead atoms. The van der Waals surface area contributed by atoms with Crippen LogP contribution in [0.25, 0.3) is 0 Å². The van der Waals surface area contributed by atoms with E-state index in [1.165, 1.54) is 0 Å². The molecule has 2 aliphatic carbocycles. The monoisotopic (exact) mass is 320 g/mol. The summed E-state index contributed by atoms with van der Waals surface area (Å²) in [6, 6.07) is 0. The molecule has 0 aromatic heterocycles. The summed E-state index contributed by atoms with van der Waals surface area (Å²) in [6.45, 7) is 6.58. The number of rotatable bonds is 3. The lowest BCUT2D eigenvalue weighted by atomic mass is 9.71. The molecule has 4 nitrogen and oxygen atoms in total. The number of carbonyl (C=O) groups is 1. The SMILES string of the molecule is C=C(C(=O)OC1C2CC3C(COC31)C2C(C)(C)O)C(F)(F)F. The van der Waals surface area contributed by atoms with Crippen molar-refractivity contribution in [3.63, 3.8) is 0 Å². The molecule has 3 rings (SSSR count). The van der Waals surface area contributed by atoms with Crippen LogP contribution in [0.4, 0.5) is 13.2 Å². The topological polar surface area (TPSA) is 55.8 Å². The number of alkyl halides is 3. The summed E-state index contributed by atoms with van der Waals surface area (Å²) in [6.07, 6.45) is -5.20. The van der Waals surface area contributed by atoms with Gasteiger partial charge in [-0.1, -0.05) is 6.58 Å². The first-order valence-corrected chi connectivity index (χ1v) is 7.33. The van der Waals surface area contributed by atoms with Gasteiger partial charge in [-0.25, -0.2) is 4.79 Å². The highest BCUT2D eigenvalue weighted by molar-refractivity contribution is 5.89. The highest BCUT2D eigenvalue weighted by Gasteiger charge is 2.66. The average Bonchev–Trinajstić information content (AvgIpc) is 2.95. The van der Waals surface area contributed by atoms with Crippen molar-refractivity contribution in [2.24, 2.45) is 23.7 Å². The predicted molar refractivity (Wildman–Crippen MR) is 69.7 cm³/mol. The minimum absolute atomic E-state index is 0.137. The summed E-state index contributed by atoms with van der Waals surface area (Å²) < 4.78 is 48.4. The van der Waals surface area contributed by atoms with Crippen molar-refractivity contribution in [1.82, 2.24) is 0 Å². The van der Waals surface area contributed by atoms with Gasteiger partial charge in [-0.3, -0.25) is 0 Å². The van der Waals surface area contributed by atoms with Crippen LogP contribution in [0.1, 0.15) is 20.3 Å². The molecule has 0 spiro atoms. The molecule has 22 heavy (non-hydrogen) atoms. The second-order valence-corrected chi connectivity index (χ2v) is 7.05. The Labute approximate surface area is 126 Å². The van der Waals surface area contributed by atoms with Gasteiger partial charge in [0.2, 0.25) is 0 Å². The lowest BCUT2D eigenvalue weighted by Gasteiger charge is -2.39. The molecule has 7 heteroatoms. The zero-order chi connectivity index (χ0) is 16.4. The molecule has 2 saturated carbocycles. The lowest BCUT2D eigenvalue weighted by molar-refractivity contribution is -0.166. The zero-order valence-electron chi connectivity index (χ0n) is 12.4. The summed E-state index contributed by atoms with van der Waals surface area (Å²) in [5.41, 5.74) is -2.50. The Bertz CT molecular complexity index is 508. The van der Waals surface area contributed by atoms with Gasteiger partial charge in [-0.05, 0) is 38.0 Å². The fourth-order valence-electron chi connectivity index (χ4n) is 4.60. The van der Waals surface area contributed by atoms with Crippen molar-refractivity contribution in [1.29, 1.82) is 0 Å². The molecule has 0 aromatic carbocycles. The van der Waals surface area contributed by atoms with Crippen molar-refractivity contribution >= 4 is 5.97 Å². The third-order valence-corrected chi connectivity index (χ3v) is 5.31. The van der Waals surface area contributed by atoms with Crippen molar-refractivity contribution in [2.75, 3.05) is 6.61 Å². The Morgan fingerprint density at radius 1 is 1.27 bits per heavy atom. The molecule has 0 amide bonds. The molecule has 6 unspecified atom stereocenters. The fraction of sp³-hybridized carbons (Fsp3) is 0.800. The van der Waals surface area contributed by atoms with Crippen LogP contribution in [-0.4, -0.2) is 41.7 Å². The van der Waals surface area contributed by atoms with Crippen LogP contribution >= 0.6 is 0 Å². The largest absolute Gasteiger partial charge is 0.456 e. The van der Waals surface area contributed by atoms with E-state index in [2.05, 4.69) is 6.58 Å². The van der Waals surface area contributed by atoms with E-state index in [1.807, 2.05) is 0 Å². The van der Waals surface area contributed by atoms with E-state index in [0.29, 0.717) is 13.0 Å². The highest BCUT2D eigenvalue weighted by Crippen LogP contribution is 2.60. The normalized spacial score (nSPS) is 40.1. The third kappa shape index (κ3) is 2.25. The maximum Gasteiger partial charge on any atom is 0.422 e. The van der Waals surface area contributed by atoms with E-state index < -0.39 is 29.4 Å². The smallest absolute Gasteiger partial charge is 0.422 e. The number of halogens is 3. The Morgan fingerprint density at radius 2 is 1.91 bits per heavy atom. The van der Waals surface area contributed by atoms with Crippen molar-refractivity contribution in [3.05, 3.63) is 12.2 Å². The van der Waals surface area contributed by atoms with Gasteiger partial charge in [0.05, 0.1) is 18.3 Å². The zero-order valence-corrected chi connectivity index (χ0v) is 12.4. The summed E-state index contributed by atoms with van der Waals surface area (Å²) in [5.74, 6) is -1.46. The number of ether oxygens (including phenoxy) is 2. The van der Waals surface area contributed by atoms with E-state index in [9.17, 15) is 23.1 Å². The van der Waals surface area contributed by atoms with Crippen LogP contribution in [0.3, 0.4) is 0 Å². The summed E-state index contributed by atoms with van der Waals surface area (Å²) >= 11 is 0. The first kappa shape index (κ1) is 15.8. The van der Waals surface area contributed by atoms with Crippen LogP contribution in [0, 0.1) is 23.7 Å². The van der Waals surface area contributed by atoms with Crippen LogP contribution in [0.2, 0.25) is 0 Å². The third-order valence-electron chi connectivity index (χ3n) is 5.31. The Hall–Kier alpha value is -1.08. The molecule has 0 aromatic rings. The van der Waals surface area contributed by atoms with E-state index in [1.54, 1.807) is 13.8 Å². The molecule has 1 heterocycles. The lowest BCUT2D eigenvalue weighted by Crippen LogP contribution is -2.48. The number of hydrogen-bond acceptors (Lipinski definition) is 4. The maximum atomic E-state index is 12.5. The molecular weight excluding hydrogens is 301 g/mol. The number of carbonyl (C=O) groups excluding carboxylic acids is 1. The van der Waals surface area contributed by atoms with Gasteiger partial charge >= 0.3 is 12.1 Å². The second-order valence-electron chi connectivity index (χ2n) is 7.05. The molecular formula is C15H19F3O4. The maximum absolute atomic E-state index is 12.5. The Balaban J connectivity index is 1.78. The predicted octanol–water partition coefficient (Wildman–Crippen LogP) is 2.07. The summed E-state index contributed by atoms with van der Waals surface area (Å²) in [4.78, 5) is 11.7. The fourth-order valence-corrected chi connectivity index (χ4v) is 4.60. The van der Waals surface area contributed by atoms with E-state index in [-0.39, 0.29) is 29.8 Å². The van der Waals surface area contributed by atoms with Gasteiger partial charge < -0.3 is 14.6 Å². The second kappa shape index (κ2) is 4.71. The quantitative estimate of drug-likeness (QED) is 0.639. The van der Waals surface area contributed by atoms with Crippen molar-refractivity contribution in [3.8, 4) is 0 Å². The number of hydrogen-bond donors (Lipinski definition) is 1. The van der Waals surface area contributed by atoms with Crippen molar-refractivity contribution < 1.29 is 32.5 Å². The van der Waals surface area contributed by atoms with Gasteiger partial charge in [0.25, 0.3) is 0 Å². The van der Waals surface area contributed by atoms with Crippen molar-refractivity contribution in [2.45, 2.75) is 44.3 Å². The molecule has 1 saturated heterocycles. The average molecular weight is 320 g/mol. The van der Waals surface area contributed by atoms with E-state index >= 15 is 0 Å². The van der Waals surface area contributed by atoms with Gasteiger partial charge in [0, 0.05) is 5.92 Å². The highest BCUT2D eigenvalue weighted by atomic mass is 19.4. The molecule has 3 fully saturated rings. The number of fused-ring (bicyclic) bond motifs is 1. The summed E-state index contributed by atoms with van der Waals surface area (Å²) in [7, 11) is 0. The standard InChI is InChI=1S/C15H19F3O4/c1-6(15(16,17)18)13(19)22-12-8-4-7-9(5-21-11(7)12)10(8)14(2,3)20/h7-12,20H,1,4-5H2,2-3H3. The molecule has 0 radical (unpaired) electrons. The summed E-state index contributed by atoms with van der Waals surface area (Å²) in [5, 5.41) is 10.4. The first-order valence-electron chi connectivity index (χ1n) is 7.33. The number of esters is 1. The molecule has 124 valence electrons. The number of aliphatic hydroxyl groups is 1. The van der Waals surface area contributed by atoms with E-state index in [4.69, 9.17) is 9.47 Å². The van der Waals surface area contributed by atoms with Gasteiger partial charge in [0.1, 0.15) is 11.7 Å². The first-order chi connectivity index (χ1) is 10.0. The van der Waals surface area contributed by atoms with Crippen LogP contribution in [-0.2, 0) is 14.3 Å².